The Labute approximate surface area is 171 Å². The van der Waals surface area contributed by atoms with E-state index >= 15 is 0 Å². The monoisotopic (exact) mass is 392 g/mol. The molecule has 5 heteroatoms. The molecule has 0 atom stereocenters. The van der Waals surface area contributed by atoms with Gasteiger partial charge in [0.1, 0.15) is 0 Å². The molecule has 0 unspecified atom stereocenters. The lowest BCUT2D eigenvalue weighted by Gasteiger charge is -2.10. The second-order valence-electron chi connectivity index (χ2n) is 6.12. The topological polar surface area (TPSA) is 58.2 Å². The summed E-state index contributed by atoms with van der Waals surface area (Å²) in [6.07, 6.45) is 0.758. The van der Waals surface area contributed by atoms with Gasteiger partial charge in [0.15, 0.2) is 0 Å². The van der Waals surface area contributed by atoms with E-state index in [0.29, 0.717) is 17.8 Å². The van der Waals surface area contributed by atoms with Crippen LogP contribution in [0.1, 0.15) is 21.5 Å². The predicted molar refractivity (Wildman–Crippen MR) is 118 cm³/mol. The van der Waals surface area contributed by atoms with Gasteiger partial charge in [-0.15, -0.1) is 0 Å². The van der Waals surface area contributed by atoms with Crippen molar-refractivity contribution in [2.24, 2.45) is 0 Å². The maximum atomic E-state index is 12.1. The first-order valence-electron chi connectivity index (χ1n) is 8.99. The van der Waals surface area contributed by atoms with Crippen LogP contribution in [0.5, 0.6) is 0 Å². The summed E-state index contributed by atoms with van der Waals surface area (Å²) in [5, 5.41) is 4.87. The van der Waals surface area contributed by atoms with Gasteiger partial charge in [-0.1, -0.05) is 91.0 Å². The number of rotatable bonds is 5. The minimum absolute atomic E-state index is 0.219. The highest BCUT2D eigenvalue weighted by Crippen LogP contribution is 2.15. The Bertz CT molecular complexity index is 883. The van der Waals surface area contributed by atoms with Crippen LogP contribution < -0.4 is 10.6 Å². The summed E-state index contributed by atoms with van der Waals surface area (Å²) in [4.78, 5) is 23.2. The Morgan fingerprint density at radius 1 is 0.821 bits per heavy atom. The largest absolute Gasteiger partial charge is 0.352 e. The Morgan fingerprint density at radius 3 is 1.96 bits per heavy atom. The number of anilines is 1. The van der Waals surface area contributed by atoms with E-state index in [0.717, 1.165) is 12.0 Å². The van der Waals surface area contributed by atoms with Crippen LogP contribution in [0.25, 0.3) is 0 Å². The highest BCUT2D eigenvalue weighted by molar-refractivity contribution is 7.96. The fraction of sp³-hybridized carbons (Fsp3) is 0.130. The quantitative estimate of drug-likeness (QED) is 0.528. The maximum absolute atomic E-state index is 12.1. The summed E-state index contributed by atoms with van der Waals surface area (Å²) in [6, 6.07) is 27.0. The number of hydrogen-bond donors (Lipinski definition) is 3. The lowest BCUT2D eigenvalue weighted by molar-refractivity contribution is 0.0955. The van der Waals surface area contributed by atoms with Crippen molar-refractivity contribution in [1.82, 2.24) is 5.32 Å². The first kappa shape index (κ1) is 21.3. The summed E-state index contributed by atoms with van der Waals surface area (Å²) in [7, 11) is 0. The number of hydrogen-bond acceptors (Lipinski definition) is 2. The van der Waals surface area contributed by atoms with Crippen LogP contribution in [0.4, 0.5) is 10.5 Å². The van der Waals surface area contributed by atoms with Crippen LogP contribution in [0.2, 0.25) is 0 Å². The number of para-hydroxylation sites is 1. The average molecular weight is 393 g/mol. The van der Waals surface area contributed by atoms with E-state index in [4.69, 9.17) is 0 Å². The minimum atomic E-state index is -0.500. The normalized spacial score (nSPS) is 9.64. The molecule has 0 heterocycles. The molecule has 0 saturated carbocycles. The number of carbonyl (C=O) groups is 2. The van der Waals surface area contributed by atoms with E-state index in [1.54, 1.807) is 24.3 Å². The van der Waals surface area contributed by atoms with Gasteiger partial charge >= 0.3 is 0 Å². The molecule has 0 aliphatic heterocycles. The molecule has 2 amide bonds. The highest BCUT2D eigenvalue weighted by atomic mass is 32.1. The summed E-state index contributed by atoms with van der Waals surface area (Å²) >= 11 is 3.66. The molecule has 3 aromatic carbocycles. The molecule has 0 radical (unpaired) electrons. The molecule has 144 valence electrons. The molecule has 0 spiro atoms. The van der Waals surface area contributed by atoms with Crippen LogP contribution in [-0.4, -0.2) is 17.7 Å². The number of aryl methyl sites for hydroxylation is 1. The van der Waals surface area contributed by atoms with Crippen molar-refractivity contribution in [1.29, 1.82) is 0 Å². The van der Waals surface area contributed by atoms with Gasteiger partial charge in [-0.3, -0.25) is 9.59 Å². The van der Waals surface area contributed by atoms with Gasteiger partial charge in [0.2, 0.25) is 0 Å². The van der Waals surface area contributed by atoms with Crippen molar-refractivity contribution in [3.05, 3.63) is 102 Å². The van der Waals surface area contributed by atoms with Gasteiger partial charge in [0, 0.05) is 6.54 Å². The van der Waals surface area contributed by atoms with Gasteiger partial charge in [-0.05, 0) is 31.0 Å². The molecule has 2 N–H and O–H groups in total. The summed E-state index contributed by atoms with van der Waals surface area (Å²) in [6.45, 7) is 2.62. The van der Waals surface area contributed by atoms with Gasteiger partial charge in [0.25, 0.3) is 11.1 Å². The Kier molecular flexibility index (Phi) is 8.82. The van der Waals surface area contributed by atoms with E-state index in [-0.39, 0.29) is 5.91 Å². The summed E-state index contributed by atoms with van der Waals surface area (Å²) < 4.78 is 0. The molecule has 3 aromatic rings. The number of amides is 2. The van der Waals surface area contributed by atoms with E-state index in [9.17, 15) is 9.59 Å². The molecule has 0 fully saturated rings. The number of carbonyl (C=O) groups excluding carboxylic acids is 2. The molecule has 0 saturated heterocycles. The first-order valence-corrected chi connectivity index (χ1v) is 9.43. The maximum Gasteiger partial charge on any atom is 0.280 e. The smallest absolute Gasteiger partial charge is 0.280 e. The Hall–Kier alpha value is -3.05. The molecular formula is C23H24N2O2S. The zero-order chi connectivity index (χ0) is 20.2. The molecule has 0 bridgehead atoms. The molecule has 4 nitrogen and oxygen atoms in total. The molecule has 3 rings (SSSR count). The van der Waals surface area contributed by atoms with E-state index < -0.39 is 5.24 Å². The number of benzene rings is 3. The van der Waals surface area contributed by atoms with Crippen LogP contribution in [0.3, 0.4) is 0 Å². The second-order valence-corrected chi connectivity index (χ2v) is 6.53. The molecule has 28 heavy (non-hydrogen) atoms. The van der Waals surface area contributed by atoms with Gasteiger partial charge in [-0.25, -0.2) is 0 Å². The molecular weight excluding hydrogens is 368 g/mol. The number of thiol groups is 1. The third-order valence-corrected chi connectivity index (χ3v) is 4.01. The van der Waals surface area contributed by atoms with E-state index in [1.165, 1.54) is 5.56 Å². The lowest BCUT2D eigenvalue weighted by atomic mass is 10.1. The van der Waals surface area contributed by atoms with Crippen molar-refractivity contribution < 1.29 is 9.59 Å². The Balaban J connectivity index is 0.000000336. The van der Waals surface area contributed by atoms with Gasteiger partial charge in [-0.2, -0.15) is 0 Å². The summed E-state index contributed by atoms with van der Waals surface area (Å²) in [5.74, 6) is -0.219. The van der Waals surface area contributed by atoms with Crippen molar-refractivity contribution in [2.45, 2.75) is 13.3 Å². The van der Waals surface area contributed by atoms with Gasteiger partial charge < -0.3 is 10.6 Å². The fourth-order valence-electron chi connectivity index (χ4n) is 2.50. The third kappa shape index (κ3) is 7.68. The molecule has 0 aliphatic carbocycles. The summed E-state index contributed by atoms with van der Waals surface area (Å²) in [5.41, 5.74) is 3.36. The van der Waals surface area contributed by atoms with Crippen LogP contribution in [0.15, 0.2) is 84.9 Å². The fourth-order valence-corrected chi connectivity index (χ4v) is 2.62. The van der Waals surface area contributed by atoms with Crippen molar-refractivity contribution >= 4 is 29.5 Å². The molecule has 0 aromatic heterocycles. The zero-order valence-electron chi connectivity index (χ0n) is 15.8. The molecule has 0 aliphatic rings. The van der Waals surface area contributed by atoms with Gasteiger partial charge in [0.05, 0.1) is 11.3 Å². The zero-order valence-corrected chi connectivity index (χ0v) is 16.7. The predicted octanol–water partition coefficient (Wildman–Crippen LogP) is 5.12. The lowest BCUT2D eigenvalue weighted by Crippen LogP contribution is -2.26. The third-order valence-electron chi connectivity index (χ3n) is 3.90. The number of nitrogens with one attached hydrogen (secondary N) is 2. The first-order chi connectivity index (χ1) is 13.6. The van der Waals surface area contributed by atoms with Crippen molar-refractivity contribution in [3.8, 4) is 0 Å². The van der Waals surface area contributed by atoms with Crippen LogP contribution in [-0.2, 0) is 6.42 Å². The average Bonchev–Trinajstić information content (AvgIpc) is 2.70. The standard InChI is InChI=1S/C16H16N2O2S.C7H8/c19-15(17-11-10-12-6-2-1-3-7-12)13-8-4-5-9-14(13)18-16(20)21;1-7-5-3-2-4-6-7/h1-9H,10-11H2,(H,17,19)(H2,18,20,21);2-6H,1H3. The van der Waals surface area contributed by atoms with E-state index in [1.807, 2.05) is 48.5 Å². The van der Waals surface area contributed by atoms with Crippen LogP contribution in [0, 0.1) is 6.92 Å². The van der Waals surface area contributed by atoms with Crippen LogP contribution >= 0.6 is 12.6 Å². The van der Waals surface area contributed by atoms with Crippen molar-refractivity contribution in [3.63, 3.8) is 0 Å². The highest BCUT2D eigenvalue weighted by Gasteiger charge is 2.11. The van der Waals surface area contributed by atoms with E-state index in [2.05, 4.69) is 42.3 Å². The SMILES string of the molecule is Cc1ccccc1.O=C(S)Nc1ccccc1C(=O)NCCc1ccccc1. The second kappa shape index (κ2) is 11.6. The van der Waals surface area contributed by atoms with Crippen molar-refractivity contribution in [2.75, 3.05) is 11.9 Å². The Morgan fingerprint density at radius 2 is 1.39 bits per heavy atom. The minimum Gasteiger partial charge on any atom is -0.352 e.